The van der Waals surface area contributed by atoms with Crippen molar-refractivity contribution in [3.63, 3.8) is 0 Å². The summed E-state index contributed by atoms with van der Waals surface area (Å²) in [4.78, 5) is 22.0. The number of hydrogen-bond donors (Lipinski definition) is 1. The van der Waals surface area contributed by atoms with Crippen molar-refractivity contribution >= 4 is 28.2 Å². The molecule has 1 heterocycles. The van der Waals surface area contributed by atoms with Crippen LogP contribution in [0.1, 0.15) is 20.9 Å². The lowest BCUT2D eigenvalue weighted by Gasteiger charge is -2.07. The van der Waals surface area contributed by atoms with Crippen molar-refractivity contribution in [3.8, 4) is 17.1 Å². The van der Waals surface area contributed by atoms with Crippen LogP contribution >= 0.6 is 15.9 Å². The molecule has 1 aromatic carbocycles. The molecule has 0 saturated carbocycles. The molecule has 2 rings (SSSR count). The van der Waals surface area contributed by atoms with Crippen molar-refractivity contribution in [2.24, 2.45) is 0 Å². The van der Waals surface area contributed by atoms with E-state index in [1.807, 2.05) is 0 Å². The summed E-state index contributed by atoms with van der Waals surface area (Å²) >= 11 is 3.19. The second-order valence-corrected chi connectivity index (χ2v) is 4.43. The Morgan fingerprint density at radius 3 is 2.68 bits per heavy atom. The molecule has 0 saturated heterocycles. The number of benzene rings is 1. The van der Waals surface area contributed by atoms with E-state index in [1.165, 1.54) is 19.2 Å². The Balaban J connectivity index is 2.52. The van der Waals surface area contributed by atoms with Gasteiger partial charge in [-0.05, 0) is 40.2 Å². The molecule has 5 nitrogen and oxygen atoms in total. The van der Waals surface area contributed by atoms with Gasteiger partial charge in [0.1, 0.15) is 17.1 Å². The summed E-state index contributed by atoms with van der Waals surface area (Å²) in [7, 11) is 1.23. The van der Waals surface area contributed by atoms with Crippen LogP contribution in [-0.2, 0) is 4.74 Å². The number of rotatable bonds is 3. The van der Waals surface area contributed by atoms with Crippen molar-refractivity contribution < 1.29 is 23.8 Å². The SMILES string of the molecule is COC(=O)c1ccc(-c2ccc(C=O)o2)c(Br)c1O. The lowest BCUT2D eigenvalue weighted by molar-refractivity contribution is 0.0597. The molecule has 19 heavy (non-hydrogen) atoms. The molecular formula is C13H9BrO5. The highest BCUT2D eigenvalue weighted by Gasteiger charge is 2.18. The second-order valence-electron chi connectivity index (χ2n) is 3.63. The van der Waals surface area contributed by atoms with Crippen LogP contribution in [0.25, 0.3) is 11.3 Å². The van der Waals surface area contributed by atoms with Gasteiger partial charge in [-0.15, -0.1) is 0 Å². The number of ether oxygens (including phenoxy) is 1. The maximum atomic E-state index is 11.4. The zero-order valence-electron chi connectivity index (χ0n) is 9.84. The zero-order valence-corrected chi connectivity index (χ0v) is 11.4. The summed E-state index contributed by atoms with van der Waals surface area (Å²) in [5.41, 5.74) is 0.568. The van der Waals surface area contributed by atoms with E-state index in [0.29, 0.717) is 22.1 Å². The molecule has 1 aromatic heterocycles. The highest BCUT2D eigenvalue weighted by atomic mass is 79.9. The van der Waals surface area contributed by atoms with Gasteiger partial charge >= 0.3 is 5.97 Å². The average molecular weight is 325 g/mol. The van der Waals surface area contributed by atoms with Crippen LogP contribution in [0.15, 0.2) is 33.2 Å². The fourth-order valence-corrected chi connectivity index (χ4v) is 2.13. The largest absolute Gasteiger partial charge is 0.506 e. The van der Waals surface area contributed by atoms with Gasteiger partial charge in [-0.1, -0.05) is 0 Å². The van der Waals surface area contributed by atoms with E-state index in [0.717, 1.165) is 0 Å². The number of methoxy groups -OCH3 is 1. The lowest BCUT2D eigenvalue weighted by atomic mass is 10.1. The van der Waals surface area contributed by atoms with E-state index in [-0.39, 0.29) is 17.1 Å². The Morgan fingerprint density at radius 1 is 1.37 bits per heavy atom. The van der Waals surface area contributed by atoms with Gasteiger partial charge in [0.05, 0.1) is 11.6 Å². The molecule has 0 unspecified atom stereocenters. The van der Waals surface area contributed by atoms with Gasteiger partial charge in [0.25, 0.3) is 0 Å². The van der Waals surface area contributed by atoms with Crippen molar-refractivity contribution in [3.05, 3.63) is 40.1 Å². The van der Waals surface area contributed by atoms with Crippen molar-refractivity contribution in [1.29, 1.82) is 0 Å². The Hall–Kier alpha value is -2.08. The molecule has 0 radical (unpaired) electrons. The van der Waals surface area contributed by atoms with Crippen molar-refractivity contribution in [2.45, 2.75) is 0 Å². The fraction of sp³-hybridized carbons (Fsp3) is 0.0769. The normalized spacial score (nSPS) is 10.2. The minimum Gasteiger partial charge on any atom is -0.506 e. The summed E-state index contributed by atoms with van der Waals surface area (Å²) in [5.74, 6) is -0.301. The summed E-state index contributed by atoms with van der Waals surface area (Å²) in [6.45, 7) is 0. The van der Waals surface area contributed by atoms with E-state index >= 15 is 0 Å². The Bertz CT molecular complexity index is 644. The molecule has 0 fully saturated rings. The number of hydrogen-bond acceptors (Lipinski definition) is 5. The third-order valence-corrected chi connectivity index (χ3v) is 3.33. The molecule has 0 bridgehead atoms. The molecule has 0 aliphatic heterocycles. The number of aromatic hydroxyl groups is 1. The van der Waals surface area contributed by atoms with E-state index in [4.69, 9.17) is 4.42 Å². The first kappa shape index (κ1) is 13.4. The lowest BCUT2D eigenvalue weighted by Crippen LogP contribution is -2.02. The summed E-state index contributed by atoms with van der Waals surface area (Å²) in [6, 6.07) is 6.12. The molecule has 6 heteroatoms. The topological polar surface area (TPSA) is 76.7 Å². The van der Waals surface area contributed by atoms with Crippen LogP contribution in [-0.4, -0.2) is 24.5 Å². The summed E-state index contributed by atoms with van der Waals surface area (Å²) in [6.07, 6.45) is 0.583. The predicted octanol–water partition coefficient (Wildman–Crippen LogP) is 3.01. The number of phenols is 1. The Morgan fingerprint density at radius 2 is 2.11 bits per heavy atom. The number of esters is 1. The van der Waals surface area contributed by atoms with E-state index in [9.17, 15) is 14.7 Å². The van der Waals surface area contributed by atoms with E-state index in [1.54, 1.807) is 12.1 Å². The van der Waals surface area contributed by atoms with Crippen LogP contribution in [0.5, 0.6) is 5.75 Å². The number of halogens is 1. The summed E-state index contributed by atoms with van der Waals surface area (Å²) < 4.78 is 10.1. The first-order valence-electron chi connectivity index (χ1n) is 5.23. The molecule has 0 spiro atoms. The monoisotopic (exact) mass is 324 g/mol. The Kier molecular flexibility index (Phi) is 3.71. The number of carbonyl (C=O) groups excluding carboxylic acids is 2. The second kappa shape index (κ2) is 5.27. The van der Waals surface area contributed by atoms with Crippen LogP contribution in [0.2, 0.25) is 0 Å². The van der Waals surface area contributed by atoms with E-state index < -0.39 is 5.97 Å². The zero-order chi connectivity index (χ0) is 14.0. The minimum atomic E-state index is -0.641. The molecule has 0 aliphatic carbocycles. The standard InChI is InChI=1S/C13H9BrO5/c1-18-13(17)9-4-3-8(11(14)12(9)16)10-5-2-7(6-15)19-10/h2-6,16H,1H3. The maximum Gasteiger partial charge on any atom is 0.341 e. The van der Waals surface area contributed by atoms with Gasteiger partial charge in [-0.2, -0.15) is 0 Å². The number of carbonyl (C=O) groups is 2. The minimum absolute atomic E-state index is 0.0419. The van der Waals surface area contributed by atoms with Crippen LogP contribution in [0.4, 0.5) is 0 Å². The van der Waals surface area contributed by atoms with E-state index in [2.05, 4.69) is 20.7 Å². The highest BCUT2D eigenvalue weighted by molar-refractivity contribution is 9.10. The smallest absolute Gasteiger partial charge is 0.341 e. The van der Waals surface area contributed by atoms with Crippen molar-refractivity contribution in [2.75, 3.05) is 7.11 Å². The first-order valence-corrected chi connectivity index (χ1v) is 6.03. The average Bonchev–Trinajstić information content (AvgIpc) is 2.89. The molecular weight excluding hydrogens is 316 g/mol. The van der Waals surface area contributed by atoms with Gasteiger partial charge in [-0.3, -0.25) is 4.79 Å². The predicted molar refractivity (Wildman–Crippen MR) is 70.2 cm³/mol. The molecule has 98 valence electrons. The number of furan rings is 1. The van der Waals surface area contributed by atoms with Crippen LogP contribution < -0.4 is 0 Å². The first-order chi connectivity index (χ1) is 9.08. The summed E-state index contributed by atoms with van der Waals surface area (Å²) in [5, 5.41) is 9.95. The maximum absolute atomic E-state index is 11.4. The Labute approximate surface area is 116 Å². The third kappa shape index (κ3) is 2.39. The van der Waals surface area contributed by atoms with Crippen molar-refractivity contribution in [1.82, 2.24) is 0 Å². The molecule has 0 atom stereocenters. The highest BCUT2D eigenvalue weighted by Crippen LogP contribution is 2.38. The molecule has 0 aliphatic rings. The van der Waals surface area contributed by atoms with Gasteiger partial charge < -0.3 is 14.3 Å². The van der Waals surface area contributed by atoms with Gasteiger partial charge in [-0.25, -0.2) is 4.79 Å². The number of aldehydes is 1. The van der Waals surface area contributed by atoms with Crippen LogP contribution in [0.3, 0.4) is 0 Å². The molecule has 0 amide bonds. The van der Waals surface area contributed by atoms with Gasteiger partial charge in [0.2, 0.25) is 0 Å². The number of phenolic OH excluding ortho intramolecular Hbond substituents is 1. The quantitative estimate of drug-likeness (QED) is 0.693. The molecule has 2 aromatic rings. The third-order valence-electron chi connectivity index (χ3n) is 2.53. The molecule has 1 N–H and O–H groups in total. The van der Waals surface area contributed by atoms with Crippen LogP contribution in [0, 0.1) is 0 Å². The fourth-order valence-electron chi connectivity index (χ4n) is 1.59. The van der Waals surface area contributed by atoms with Gasteiger partial charge in [0.15, 0.2) is 12.0 Å². The van der Waals surface area contributed by atoms with Gasteiger partial charge in [0, 0.05) is 5.56 Å².